The van der Waals surface area contributed by atoms with Crippen LogP contribution in [0.5, 0.6) is 11.6 Å². The predicted octanol–water partition coefficient (Wildman–Crippen LogP) is 3.86. The van der Waals surface area contributed by atoms with Gasteiger partial charge in [0.15, 0.2) is 0 Å². The average molecular weight is 437 g/mol. The molecule has 32 heavy (non-hydrogen) atoms. The van der Waals surface area contributed by atoms with Gasteiger partial charge in [-0.15, -0.1) is 0 Å². The van der Waals surface area contributed by atoms with Crippen LogP contribution in [0.15, 0.2) is 54.6 Å². The molecule has 3 aromatic rings. The number of unbranched alkanes of at least 4 members (excludes halogenated alkanes) is 1. The zero-order valence-electron chi connectivity index (χ0n) is 18.2. The van der Waals surface area contributed by atoms with Crippen LogP contribution in [-0.4, -0.2) is 39.9 Å². The molecule has 0 bridgehead atoms. The summed E-state index contributed by atoms with van der Waals surface area (Å²) < 4.78 is 11.3. The molecule has 0 spiro atoms. The van der Waals surface area contributed by atoms with E-state index in [-0.39, 0.29) is 12.2 Å². The maximum Gasteiger partial charge on any atom is 0.335 e. The van der Waals surface area contributed by atoms with E-state index in [0.717, 1.165) is 30.7 Å². The van der Waals surface area contributed by atoms with E-state index in [1.54, 1.807) is 19.2 Å². The first-order chi connectivity index (χ1) is 15.6. The molecular formula is C25H28N2O5. The van der Waals surface area contributed by atoms with E-state index < -0.39 is 5.97 Å². The molecule has 1 aromatic carbocycles. The van der Waals surface area contributed by atoms with Crippen LogP contribution < -0.4 is 9.47 Å². The number of hydrogen-bond donors (Lipinski definition) is 2. The van der Waals surface area contributed by atoms with Gasteiger partial charge < -0.3 is 19.7 Å². The third-order valence-corrected chi connectivity index (χ3v) is 5.04. The first-order valence-electron chi connectivity index (χ1n) is 10.6. The van der Waals surface area contributed by atoms with Gasteiger partial charge in [-0.1, -0.05) is 30.3 Å². The summed E-state index contributed by atoms with van der Waals surface area (Å²) in [5.41, 5.74) is 3.22. The molecule has 0 saturated heterocycles. The van der Waals surface area contributed by atoms with E-state index in [1.165, 1.54) is 11.6 Å². The summed E-state index contributed by atoms with van der Waals surface area (Å²) in [4.78, 5) is 20.1. The third-order valence-electron chi connectivity index (χ3n) is 5.04. The number of aliphatic hydroxyl groups excluding tert-OH is 1. The second-order valence-electron chi connectivity index (χ2n) is 7.39. The highest BCUT2D eigenvalue weighted by Gasteiger charge is 2.11. The Balaban J connectivity index is 1.58. The number of benzene rings is 1. The summed E-state index contributed by atoms with van der Waals surface area (Å²) >= 11 is 0. The minimum atomic E-state index is -1.03. The summed E-state index contributed by atoms with van der Waals surface area (Å²) in [7, 11) is 1.59. The molecule has 168 valence electrons. The van der Waals surface area contributed by atoms with Gasteiger partial charge in [0, 0.05) is 18.2 Å². The summed E-state index contributed by atoms with van der Waals surface area (Å²) in [5.74, 6) is 0.260. The van der Waals surface area contributed by atoms with Gasteiger partial charge in [-0.25, -0.2) is 9.78 Å². The summed E-state index contributed by atoms with van der Waals surface area (Å²) in [6.07, 6.45) is 3.74. The Morgan fingerprint density at radius 1 is 0.938 bits per heavy atom. The Labute approximate surface area is 187 Å². The van der Waals surface area contributed by atoms with Gasteiger partial charge in [-0.3, -0.25) is 4.98 Å². The van der Waals surface area contributed by atoms with Gasteiger partial charge in [0.25, 0.3) is 0 Å². The highest BCUT2D eigenvalue weighted by molar-refractivity contribution is 5.87. The Bertz CT molecular complexity index is 1020. The van der Waals surface area contributed by atoms with Crippen LogP contribution in [-0.2, 0) is 25.9 Å². The van der Waals surface area contributed by atoms with Crippen molar-refractivity contribution in [3.05, 3.63) is 82.8 Å². The quantitative estimate of drug-likeness (QED) is 0.416. The van der Waals surface area contributed by atoms with Crippen LogP contribution in [0, 0.1) is 0 Å². The van der Waals surface area contributed by atoms with E-state index in [1.807, 2.05) is 24.3 Å². The Kier molecular flexibility index (Phi) is 8.57. The zero-order valence-corrected chi connectivity index (χ0v) is 18.2. The fourth-order valence-corrected chi connectivity index (χ4v) is 3.40. The molecule has 2 aromatic heterocycles. The van der Waals surface area contributed by atoms with E-state index >= 15 is 0 Å². The second kappa shape index (κ2) is 11.8. The number of carboxylic acids is 1. The van der Waals surface area contributed by atoms with E-state index in [0.29, 0.717) is 36.7 Å². The molecular weight excluding hydrogens is 408 g/mol. The Morgan fingerprint density at radius 2 is 1.69 bits per heavy atom. The summed E-state index contributed by atoms with van der Waals surface area (Å²) in [5, 5.41) is 18.6. The molecule has 0 fully saturated rings. The number of nitrogens with zero attached hydrogens (tertiary/aromatic N) is 2. The van der Waals surface area contributed by atoms with Crippen molar-refractivity contribution in [1.82, 2.24) is 9.97 Å². The van der Waals surface area contributed by atoms with Crippen molar-refractivity contribution in [3.8, 4) is 11.6 Å². The number of pyridine rings is 2. The van der Waals surface area contributed by atoms with Crippen LogP contribution in [0.25, 0.3) is 0 Å². The molecule has 0 radical (unpaired) electrons. The van der Waals surface area contributed by atoms with Crippen molar-refractivity contribution < 1.29 is 24.5 Å². The number of ether oxygens (including phenoxy) is 2. The molecule has 0 unspecified atom stereocenters. The van der Waals surface area contributed by atoms with E-state index in [4.69, 9.17) is 9.47 Å². The number of aromatic nitrogens is 2. The fourth-order valence-electron chi connectivity index (χ4n) is 3.40. The van der Waals surface area contributed by atoms with E-state index in [9.17, 15) is 15.0 Å². The van der Waals surface area contributed by atoms with Crippen LogP contribution in [0.1, 0.15) is 45.8 Å². The Hall–Kier alpha value is -3.45. The molecule has 0 amide bonds. The number of carbonyl (C=O) groups is 1. The summed E-state index contributed by atoms with van der Waals surface area (Å²) in [6.45, 7) is 0.270. The zero-order chi connectivity index (χ0) is 22.8. The molecule has 0 atom stereocenters. The van der Waals surface area contributed by atoms with Gasteiger partial charge in [0.05, 0.1) is 37.3 Å². The van der Waals surface area contributed by atoms with Crippen molar-refractivity contribution in [3.63, 3.8) is 0 Å². The van der Waals surface area contributed by atoms with Crippen molar-refractivity contribution in [2.75, 3.05) is 13.7 Å². The van der Waals surface area contributed by atoms with Gasteiger partial charge in [-0.2, -0.15) is 0 Å². The van der Waals surface area contributed by atoms with E-state index in [2.05, 4.69) is 22.1 Å². The number of aliphatic hydroxyl groups is 1. The van der Waals surface area contributed by atoms with Gasteiger partial charge >= 0.3 is 5.97 Å². The minimum Gasteiger partial charge on any atom is -0.491 e. The first kappa shape index (κ1) is 23.2. The average Bonchev–Trinajstić information content (AvgIpc) is 2.82. The molecule has 0 saturated carbocycles. The van der Waals surface area contributed by atoms with Gasteiger partial charge in [0.1, 0.15) is 5.75 Å². The predicted molar refractivity (Wildman–Crippen MR) is 120 cm³/mol. The lowest BCUT2D eigenvalue weighted by Crippen LogP contribution is -2.06. The summed E-state index contributed by atoms with van der Waals surface area (Å²) in [6, 6.07) is 16.8. The van der Waals surface area contributed by atoms with Gasteiger partial charge in [0.2, 0.25) is 5.88 Å². The highest BCUT2D eigenvalue weighted by Crippen LogP contribution is 2.23. The lowest BCUT2D eigenvalue weighted by atomic mass is 10.1. The molecule has 0 aliphatic heterocycles. The fraction of sp³-hybridized carbons (Fsp3) is 0.320. The molecule has 0 aliphatic rings. The number of aromatic carboxylic acids is 1. The van der Waals surface area contributed by atoms with Crippen molar-refractivity contribution in [2.45, 2.75) is 38.7 Å². The van der Waals surface area contributed by atoms with Crippen molar-refractivity contribution in [2.24, 2.45) is 0 Å². The smallest absolute Gasteiger partial charge is 0.335 e. The van der Waals surface area contributed by atoms with Crippen LogP contribution in [0.3, 0.4) is 0 Å². The largest absolute Gasteiger partial charge is 0.491 e. The molecule has 2 N–H and O–H groups in total. The van der Waals surface area contributed by atoms with Crippen LogP contribution >= 0.6 is 0 Å². The highest BCUT2D eigenvalue weighted by atomic mass is 16.5. The topological polar surface area (TPSA) is 102 Å². The molecule has 7 nitrogen and oxygen atoms in total. The first-order valence-corrected chi connectivity index (χ1v) is 10.6. The lowest BCUT2D eigenvalue weighted by Gasteiger charge is -2.12. The van der Waals surface area contributed by atoms with Gasteiger partial charge in [-0.05, 0) is 49.4 Å². The molecule has 2 heterocycles. The maximum absolute atomic E-state index is 11.3. The number of rotatable bonds is 12. The third kappa shape index (κ3) is 6.78. The standard InChI is InChI=1S/C25H28N2O5/c1-31-24-12-11-23(32-14-13-18-7-3-2-4-8-18)22(27-24)10-6-5-9-20-15-19(25(29)30)16-21(17-28)26-20/h2-4,7-8,11-12,15-16,28H,5-6,9-10,13-14,17H2,1H3,(H,29,30). The lowest BCUT2D eigenvalue weighted by molar-refractivity contribution is 0.0696. The Morgan fingerprint density at radius 3 is 2.41 bits per heavy atom. The molecule has 0 aliphatic carbocycles. The SMILES string of the molecule is COc1ccc(OCCc2ccccc2)c(CCCCc2cc(C(=O)O)cc(CO)n2)n1. The van der Waals surface area contributed by atoms with Crippen LogP contribution in [0.2, 0.25) is 0 Å². The number of aryl methyl sites for hydroxylation is 2. The monoisotopic (exact) mass is 436 g/mol. The number of carboxylic acid groups (broad SMARTS) is 1. The second-order valence-corrected chi connectivity index (χ2v) is 7.39. The van der Waals surface area contributed by atoms with Crippen molar-refractivity contribution >= 4 is 5.97 Å². The van der Waals surface area contributed by atoms with Crippen LogP contribution in [0.4, 0.5) is 0 Å². The normalized spacial score (nSPS) is 10.7. The minimum absolute atomic E-state index is 0.141. The van der Waals surface area contributed by atoms with Crippen molar-refractivity contribution in [1.29, 1.82) is 0 Å². The maximum atomic E-state index is 11.3. The number of methoxy groups -OCH3 is 1. The molecule has 3 rings (SSSR count). The number of hydrogen-bond acceptors (Lipinski definition) is 6. The molecule has 7 heteroatoms.